The van der Waals surface area contributed by atoms with E-state index in [-0.39, 0.29) is 12.1 Å². The number of hydrogen-bond acceptors (Lipinski definition) is 3. The third-order valence-electron chi connectivity index (χ3n) is 4.70. The van der Waals surface area contributed by atoms with E-state index in [1.165, 1.54) is 12.8 Å². The number of rotatable bonds is 3. The monoisotopic (exact) mass is 239 g/mol. The zero-order valence-corrected chi connectivity index (χ0v) is 10.2. The Labute approximate surface area is 102 Å². The summed E-state index contributed by atoms with van der Waals surface area (Å²) in [6, 6.07) is -0.244. The molecule has 3 aliphatic rings. The Morgan fingerprint density at radius 2 is 2.18 bits per heavy atom. The van der Waals surface area contributed by atoms with Gasteiger partial charge in [0.05, 0.1) is 6.10 Å². The number of fused-ring (bicyclic) bond motifs is 1. The SMILES string of the molecule is O=C(O)C1C2CCCC2CN1CC1CCCO1. The Balaban J connectivity index is 1.68. The van der Waals surface area contributed by atoms with Crippen LogP contribution in [0.1, 0.15) is 32.1 Å². The largest absolute Gasteiger partial charge is 0.480 e. The van der Waals surface area contributed by atoms with Crippen LogP contribution in [0.15, 0.2) is 0 Å². The summed E-state index contributed by atoms with van der Waals surface area (Å²) in [5.41, 5.74) is 0. The van der Waals surface area contributed by atoms with Gasteiger partial charge in [0.2, 0.25) is 0 Å². The third-order valence-corrected chi connectivity index (χ3v) is 4.70. The van der Waals surface area contributed by atoms with Gasteiger partial charge < -0.3 is 9.84 Å². The van der Waals surface area contributed by atoms with Gasteiger partial charge in [0.25, 0.3) is 0 Å². The average molecular weight is 239 g/mol. The molecule has 3 fully saturated rings. The van der Waals surface area contributed by atoms with Crippen LogP contribution in [0, 0.1) is 11.8 Å². The van der Waals surface area contributed by atoms with E-state index in [0.717, 1.165) is 39.0 Å². The van der Waals surface area contributed by atoms with E-state index < -0.39 is 5.97 Å². The fraction of sp³-hybridized carbons (Fsp3) is 0.923. The van der Waals surface area contributed by atoms with Crippen molar-refractivity contribution in [2.45, 2.75) is 44.2 Å². The normalized spacial score (nSPS) is 41.9. The maximum atomic E-state index is 11.4. The zero-order chi connectivity index (χ0) is 11.8. The summed E-state index contributed by atoms with van der Waals surface area (Å²) >= 11 is 0. The fourth-order valence-corrected chi connectivity index (χ4v) is 3.97. The first-order valence-electron chi connectivity index (χ1n) is 6.84. The lowest BCUT2D eigenvalue weighted by atomic mass is 9.94. The van der Waals surface area contributed by atoms with Crippen LogP contribution in [0.25, 0.3) is 0 Å². The Bertz CT molecular complexity index is 301. The molecule has 17 heavy (non-hydrogen) atoms. The van der Waals surface area contributed by atoms with Crippen LogP contribution in [0.4, 0.5) is 0 Å². The summed E-state index contributed by atoms with van der Waals surface area (Å²) in [5, 5.41) is 9.42. The van der Waals surface area contributed by atoms with Crippen molar-refractivity contribution in [3.63, 3.8) is 0 Å². The van der Waals surface area contributed by atoms with Gasteiger partial charge in [0.1, 0.15) is 6.04 Å². The smallest absolute Gasteiger partial charge is 0.321 e. The van der Waals surface area contributed by atoms with E-state index in [9.17, 15) is 9.90 Å². The number of carboxylic acids is 1. The summed E-state index contributed by atoms with van der Waals surface area (Å²) in [6.07, 6.45) is 6.03. The molecule has 96 valence electrons. The van der Waals surface area contributed by atoms with Gasteiger partial charge >= 0.3 is 5.97 Å². The molecule has 4 atom stereocenters. The van der Waals surface area contributed by atoms with Crippen LogP contribution in [-0.4, -0.2) is 47.8 Å². The molecule has 2 heterocycles. The van der Waals surface area contributed by atoms with Gasteiger partial charge in [0, 0.05) is 19.7 Å². The number of carbonyl (C=O) groups is 1. The second-order valence-electron chi connectivity index (χ2n) is 5.73. The predicted octanol–water partition coefficient (Wildman–Crippen LogP) is 1.35. The number of nitrogens with zero attached hydrogens (tertiary/aromatic N) is 1. The molecule has 3 rings (SSSR count). The van der Waals surface area contributed by atoms with Crippen molar-refractivity contribution in [1.82, 2.24) is 4.90 Å². The lowest BCUT2D eigenvalue weighted by Gasteiger charge is -2.26. The van der Waals surface area contributed by atoms with Crippen molar-refractivity contribution in [2.24, 2.45) is 11.8 Å². The van der Waals surface area contributed by atoms with E-state index in [2.05, 4.69) is 4.90 Å². The molecule has 0 aromatic carbocycles. The van der Waals surface area contributed by atoms with Crippen molar-refractivity contribution < 1.29 is 14.6 Å². The molecule has 2 saturated heterocycles. The van der Waals surface area contributed by atoms with Crippen molar-refractivity contribution in [3.8, 4) is 0 Å². The van der Waals surface area contributed by atoms with Gasteiger partial charge in [-0.15, -0.1) is 0 Å². The maximum Gasteiger partial charge on any atom is 0.321 e. The van der Waals surface area contributed by atoms with Gasteiger partial charge in [-0.2, -0.15) is 0 Å². The van der Waals surface area contributed by atoms with Crippen LogP contribution in [-0.2, 0) is 9.53 Å². The Morgan fingerprint density at radius 3 is 2.88 bits per heavy atom. The molecule has 1 saturated carbocycles. The highest BCUT2D eigenvalue weighted by atomic mass is 16.5. The van der Waals surface area contributed by atoms with Gasteiger partial charge in [-0.3, -0.25) is 9.69 Å². The van der Waals surface area contributed by atoms with E-state index in [4.69, 9.17) is 4.74 Å². The highest BCUT2D eigenvalue weighted by molar-refractivity contribution is 5.74. The quantitative estimate of drug-likeness (QED) is 0.807. The molecule has 0 amide bonds. The number of carboxylic acid groups (broad SMARTS) is 1. The molecule has 4 unspecified atom stereocenters. The van der Waals surface area contributed by atoms with E-state index in [1.807, 2.05) is 0 Å². The first-order valence-corrected chi connectivity index (χ1v) is 6.84. The van der Waals surface area contributed by atoms with Gasteiger partial charge in [-0.1, -0.05) is 6.42 Å². The van der Waals surface area contributed by atoms with Gasteiger partial charge in [-0.05, 0) is 37.5 Å². The summed E-state index contributed by atoms with van der Waals surface area (Å²) < 4.78 is 5.63. The molecular formula is C13H21NO3. The molecule has 0 bridgehead atoms. The number of ether oxygens (including phenoxy) is 1. The number of aliphatic carboxylic acids is 1. The first kappa shape index (κ1) is 11.5. The lowest BCUT2D eigenvalue weighted by molar-refractivity contribution is -0.144. The van der Waals surface area contributed by atoms with E-state index >= 15 is 0 Å². The Hall–Kier alpha value is -0.610. The standard InChI is InChI=1S/C13H21NO3/c15-13(16)12-11-5-1-3-9(11)7-14(12)8-10-4-2-6-17-10/h9-12H,1-8H2,(H,15,16). The molecule has 0 radical (unpaired) electrons. The second-order valence-corrected chi connectivity index (χ2v) is 5.73. The molecule has 1 aliphatic carbocycles. The van der Waals surface area contributed by atoms with Crippen molar-refractivity contribution in [3.05, 3.63) is 0 Å². The van der Waals surface area contributed by atoms with Crippen LogP contribution < -0.4 is 0 Å². The minimum Gasteiger partial charge on any atom is -0.480 e. The molecule has 0 spiro atoms. The Kier molecular flexibility index (Phi) is 3.09. The first-order chi connectivity index (χ1) is 8.25. The summed E-state index contributed by atoms with van der Waals surface area (Å²) in [4.78, 5) is 13.6. The second kappa shape index (κ2) is 4.58. The minimum atomic E-state index is -0.627. The highest BCUT2D eigenvalue weighted by Crippen LogP contribution is 2.42. The van der Waals surface area contributed by atoms with Crippen LogP contribution in [0.3, 0.4) is 0 Å². The molecule has 0 aromatic heterocycles. The number of likely N-dealkylation sites (tertiary alicyclic amines) is 1. The molecule has 4 nitrogen and oxygen atoms in total. The molecule has 1 N–H and O–H groups in total. The molecule has 4 heteroatoms. The number of hydrogen-bond donors (Lipinski definition) is 1. The van der Waals surface area contributed by atoms with Crippen LogP contribution >= 0.6 is 0 Å². The van der Waals surface area contributed by atoms with Gasteiger partial charge in [0.15, 0.2) is 0 Å². The van der Waals surface area contributed by atoms with Crippen LogP contribution in [0.5, 0.6) is 0 Å². The zero-order valence-electron chi connectivity index (χ0n) is 10.2. The minimum absolute atomic E-state index is 0.244. The van der Waals surface area contributed by atoms with E-state index in [0.29, 0.717) is 11.8 Å². The highest BCUT2D eigenvalue weighted by Gasteiger charge is 2.48. The fourth-order valence-electron chi connectivity index (χ4n) is 3.97. The summed E-state index contributed by atoms with van der Waals surface area (Å²) in [7, 11) is 0. The lowest BCUT2D eigenvalue weighted by Crippen LogP contribution is -2.43. The molecule has 0 aromatic rings. The Morgan fingerprint density at radius 1 is 1.29 bits per heavy atom. The van der Waals surface area contributed by atoms with Crippen molar-refractivity contribution in [2.75, 3.05) is 19.7 Å². The average Bonchev–Trinajstić information content (AvgIpc) is 2.92. The summed E-state index contributed by atoms with van der Waals surface area (Å²) in [5.74, 6) is 0.392. The predicted molar refractivity (Wildman–Crippen MR) is 62.8 cm³/mol. The van der Waals surface area contributed by atoms with Gasteiger partial charge in [-0.25, -0.2) is 0 Å². The van der Waals surface area contributed by atoms with E-state index in [1.54, 1.807) is 0 Å². The summed E-state index contributed by atoms with van der Waals surface area (Å²) in [6.45, 7) is 2.65. The molecule has 2 aliphatic heterocycles. The molecular weight excluding hydrogens is 218 g/mol. The van der Waals surface area contributed by atoms with Crippen LogP contribution in [0.2, 0.25) is 0 Å². The topological polar surface area (TPSA) is 49.8 Å². The maximum absolute atomic E-state index is 11.4. The van der Waals surface area contributed by atoms with Crippen molar-refractivity contribution in [1.29, 1.82) is 0 Å². The van der Waals surface area contributed by atoms with Crippen molar-refractivity contribution >= 4 is 5.97 Å². The third kappa shape index (κ3) is 2.08.